The fraction of sp³-hybridized carbons (Fsp3) is 0.607. The van der Waals surface area contributed by atoms with Crippen molar-refractivity contribution in [2.24, 2.45) is 0 Å². The molecule has 9 nitrogen and oxygen atoms in total. The highest BCUT2D eigenvalue weighted by Gasteiger charge is 2.26. The smallest absolute Gasteiger partial charge is 0.243 e. The van der Waals surface area contributed by atoms with Gasteiger partial charge in [-0.1, -0.05) is 6.42 Å². The van der Waals surface area contributed by atoms with E-state index in [4.69, 9.17) is 22.2 Å². The van der Waals surface area contributed by atoms with Crippen LogP contribution in [0.3, 0.4) is 0 Å². The van der Waals surface area contributed by atoms with Crippen molar-refractivity contribution in [1.82, 2.24) is 19.6 Å². The number of fused-ring (bicyclic) bond motifs is 1. The van der Waals surface area contributed by atoms with Gasteiger partial charge < -0.3 is 20.9 Å². The van der Waals surface area contributed by atoms with Gasteiger partial charge in [0.05, 0.1) is 10.6 Å². The largest absolute Gasteiger partial charge is 0.362 e. The summed E-state index contributed by atoms with van der Waals surface area (Å²) in [7, 11) is 0.683. The first-order chi connectivity index (χ1) is 18.8. The molecule has 0 unspecified atom stereocenters. The molecule has 11 heteroatoms. The van der Waals surface area contributed by atoms with Crippen molar-refractivity contribution in [2.45, 2.75) is 87.6 Å². The van der Waals surface area contributed by atoms with Gasteiger partial charge in [0.1, 0.15) is 5.82 Å². The molecule has 0 spiro atoms. The number of nitrogens with one attached hydrogen (secondary N) is 3. The monoisotopic (exact) mass is 571 g/mol. The summed E-state index contributed by atoms with van der Waals surface area (Å²) >= 11 is 5.57. The van der Waals surface area contributed by atoms with E-state index in [1.807, 2.05) is 0 Å². The predicted molar refractivity (Wildman–Crippen MR) is 161 cm³/mol. The Morgan fingerprint density at radius 3 is 2.28 bits per heavy atom. The maximum atomic E-state index is 12.9. The first kappa shape index (κ1) is 28.0. The summed E-state index contributed by atoms with van der Waals surface area (Å²) in [5.41, 5.74) is 3.29. The first-order valence-corrected chi connectivity index (χ1v) is 16.2. The molecular formula is C28H41N7O2S2. The van der Waals surface area contributed by atoms with Crippen LogP contribution in [0.1, 0.15) is 69.0 Å². The number of hydrogen-bond acceptors (Lipinski definition) is 7. The Balaban J connectivity index is 1.10. The van der Waals surface area contributed by atoms with Crippen LogP contribution in [-0.2, 0) is 22.9 Å². The van der Waals surface area contributed by atoms with Crippen LogP contribution in [0.5, 0.6) is 0 Å². The van der Waals surface area contributed by atoms with Crippen molar-refractivity contribution in [2.75, 3.05) is 42.7 Å². The molecule has 0 atom stereocenters. The number of anilines is 3. The van der Waals surface area contributed by atoms with Crippen molar-refractivity contribution in [3.63, 3.8) is 0 Å². The summed E-state index contributed by atoms with van der Waals surface area (Å²) in [5, 5.41) is 10.8. The molecule has 3 N–H and O–H groups in total. The highest BCUT2D eigenvalue weighted by Crippen LogP contribution is 2.29. The Labute approximate surface area is 238 Å². The fourth-order valence-corrected chi connectivity index (χ4v) is 7.69. The second-order valence-electron chi connectivity index (χ2n) is 11.2. The second-order valence-corrected chi connectivity index (χ2v) is 13.5. The van der Waals surface area contributed by atoms with Crippen LogP contribution in [0.25, 0.3) is 0 Å². The van der Waals surface area contributed by atoms with E-state index in [1.54, 1.807) is 28.6 Å². The average molecular weight is 572 g/mol. The zero-order valence-corrected chi connectivity index (χ0v) is 24.7. The van der Waals surface area contributed by atoms with Gasteiger partial charge in [-0.15, -0.1) is 0 Å². The summed E-state index contributed by atoms with van der Waals surface area (Å²) in [4.78, 5) is 12.2. The number of sulfonamides is 1. The molecule has 1 aromatic heterocycles. The maximum absolute atomic E-state index is 12.9. The number of aromatic nitrogens is 2. The summed E-state index contributed by atoms with van der Waals surface area (Å²) < 4.78 is 27.4. The molecule has 1 aromatic carbocycles. The van der Waals surface area contributed by atoms with E-state index in [-0.39, 0.29) is 0 Å². The molecule has 5 rings (SSSR count). The minimum atomic E-state index is -3.43. The number of piperidine rings is 1. The molecule has 2 aromatic rings. The van der Waals surface area contributed by atoms with E-state index < -0.39 is 10.0 Å². The Hall–Kier alpha value is -2.50. The summed E-state index contributed by atoms with van der Waals surface area (Å²) in [6.45, 7) is 1.21. The first-order valence-electron chi connectivity index (χ1n) is 14.3. The molecular weight excluding hydrogens is 530 g/mol. The molecule has 3 aliphatic rings. The second kappa shape index (κ2) is 12.3. The minimum Gasteiger partial charge on any atom is -0.362 e. The Bertz CT molecular complexity index is 1250. The summed E-state index contributed by atoms with van der Waals surface area (Å²) in [6.07, 6.45) is 11.5. The molecule has 1 saturated carbocycles. The van der Waals surface area contributed by atoms with E-state index >= 15 is 0 Å². The molecule has 1 saturated heterocycles. The fourth-order valence-electron chi connectivity index (χ4n) is 5.89. The molecule has 0 amide bonds. The molecule has 1 aliphatic heterocycles. The van der Waals surface area contributed by atoms with E-state index in [0.29, 0.717) is 35.2 Å². The van der Waals surface area contributed by atoms with Crippen LogP contribution in [-0.4, -0.2) is 67.1 Å². The summed E-state index contributed by atoms with van der Waals surface area (Å²) in [5.74, 6) is 1.80. The Kier molecular flexibility index (Phi) is 8.88. The Morgan fingerprint density at radius 2 is 1.59 bits per heavy atom. The number of rotatable bonds is 7. The van der Waals surface area contributed by atoms with Crippen LogP contribution >= 0.6 is 12.2 Å². The average Bonchev–Trinajstić information content (AvgIpc) is 2.94. The van der Waals surface area contributed by atoms with Gasteiger partial charge >= 0.3 is 0 Å². The lowest BCUT2D eigenvalue weighted by atomic mass is 9.91. The third kappa shape index (κ3) is 6.81. The molecule has 2 aliphatic carbocycles. The van der Waals surface area contributed by atoms with Crippen molar-refractivity contribution < 1.29 is 8.42 Å². The lowest BCUT2D eigenvalue weighted by Gasteiger charge is -2.31. The predicted octanol–water partition coefficient (Wildman–Crippen LogP) is 4.31. The number of nitrogens with zero attached hydrogens (tertiary/aromatic N) is 4. The van der Waals surface area contributed by atoms with Gasteiger partial charge in [0, 0.05) is 50.5 Å². The van der Waals surface area contributed by atoms with Crippen LogP contribution in [0, 0.1) is 0 Å². The van der Waals surface area contributed by atoms with Crippen LogP contribution in [0.2, 0.25) is 0 Å². The third-order valence-corrected chi connectivity index (χ3v) is 10.2. The van der Waals surface area contributed by atoms with Crippen LogP contribution < -0.4 is 20.9 Å². The van der Waals surface area contributed by atoms with Gasteiger partial charge in [0.15, 0.2) is 5.11 Å². The van der Waals surface area contributed by atoms with Gasteiger partial charge in [-0.3, -0.25) is 0 Å². The molecule has 2 fully saturated rings. The van der Waals surface area contributed by atoms with Crippen LogP contribution in [0.4, 0.5) is 17.5 Å². The standard InChI is InChI=1S/C28H41N7O2S2/c1-34(2)26-24-8-4-5-9-25(24)32-27(33-26)29-20-10-12-21(13-11-20)30-28(38)31-22-14-16-23(17-15-22)39(36,37)35-18-6-3-7-19-35/h14-17,20-21H,3-13,18-19H2,1-2H3,(H,29,32,33)(H2,30,31,38)/t20-,21+. The third-order valence-electron chi connectivity index (χ3n) is 8.05. The summed E-state index contributed by atoms with van der Waals surface area (Å²) in [6, 6.07) is 7.53. The number of aryl methyl sites for hydroxylation is 1. The van der Waals surface area contributed by atoms with Gasteiger partial charge in [0.2, 0.25) is 16.0 Å². The topological polar surface area (TPSA) is 102 Å². The van der Waals surface area contributed by atoms with E-state index in [9.17, 15) is 8.42 Å². The van der Waals surface area contributed by atoms with Crippen molar-refractivity contribution >= 4 is 44.8 Å². The van der Waals surface area contributed by atoms with Crippen molar-refractivity contribution in [3.8, 4) is 0 Å². The SMILES string of the molecule is CN(C)c1nc(N[C@H]2CC[C@@H](NC(=S)Nc3ccc(S(=O)(=O)N4CCCCC4)cc3)CC2)nc2c1CCCC2. The molecule has 212 valence electrons. The van der Waals surface area contributed by atoms with E-state index in [2.05, 4.69) is 34.9 Å². The van der Waals surface area contributed by atoms with E-state index in [0.717, 1.165) is 75.2 Å². The zero-order chi connectivity index (χ0) is 27.4. The van der Waals surface area contributed by atoms with Gasteiger partial charge in [-0.25, -0.2) is 13.4 Å². The lowest BCUT2D eigenvalue weighted by Crippen LogP contribution is -2.42. The Morgan fingerprint density at radius 1 is 0.923 bits per heavy atom. The zero-order valence-electron chi connectivity index (χ0n) is 23.1. The lowest BCUT2D eigenvalue weighted by molar-refractivity contribution is 0.346. The number of benzene rings is 1. The van der Waals surface area contributed by atoms with Gasteiger partial charge in [-0.2, -0.15) is 9.29 Å². The maximum Gasteiger partial charge on any atom is 0.243 e. The van der Waals surface area contributed by atoms with Gasteiger partial charge in [-0.05, 0) is 101 Å². The number of thiocarbonyl (C=S) groups is 1. The minimum absolute atomic E-state index is 0.295. The normalized spacial score (nSPS) is 22.0. The highest BCUT2D eigenvalue weighted by atomic mass is 32.2. The molecule has 2 heterocycles. The molecule has 39 heavy (non-hydrogen) atoms. The van der Waals surface area contributed by atoms with Crippen molar-refractivity contribution in [3.05, 3.63) is 35.5 Å². The molecule has 0 radical (unpaired) electrons. The van der Waals surface area contributed by atoms with E-state index in [1.165, 1.54) is 24.1 Å². The molecule has 0 bridgehead atoms. The number of hydrogen-bond donors (Lipinski definition) is 3. The quantitative estimate of drug-likeness (QED) is 0.420. The van der Waals surface area contributed by atoms with Gasteiger partial charge in [0.25, 0.3) is 0 Å². The van der Waals surface area contributed by atoms with Crippen LogP contribution in [0.15, 0.2) is 29.2 Å². The highest BCUT2D eigenvalue weighted by molar-refractivity contribution is 7.89. The van der Waals surface area contributed by atoms with Crippen molar-refractivity contribution in [1.29, 1.82) is 0 Å².